The zero-order chi connectivity index (χ0) is 27.5. The molecule has 1 saturated carbocycles. The van der Waals surface area contributed by atoms with Crippen molar-refractivity contribution in [3.05, 3.63) is 95.6 Å². The minimum atomic E-state index is -0.621. The van der Waals surface area contributed by atoms with Gasteiger partial charge < -0.3 is 19.7 Å². The van der Waals surface area contributed by atoms with Crippen molar-refractivity contribution in [1.82, 2.24) is 10.2 Å². The van der Waals surface area contributed by atoms with Crippen LogP contribution in [-0.4, -0.2) is 42.5 Å². The molecule has 3 aromatic carbocycles. The van der Waals surface area contributed by atoms with Gasteiger partial charge in [-0.2, -0.15) is 0 Å². The van der Waals surface area contributed by atoms with Gasteiger partial charge in [0.15, 0.2) is 0 Å². The molecule has 0 aromatic heterocycles. The smallest absolute Gasteiger partial charge is 0.243 e. The molecular formula is C33H40N2O4. The minimum absolute atomic E-state index is 0.0622. The number of hydrogen-bond acceptors (Lipinski definition) is 4. The summed E-state index contributed by atoms with van der Waals surface area (Å²) in [4.78, 5) is 29.3. The van der Waals surface area contributed by atoms with Gasteiger partial charge in [-0.05, 0) is 61.6 Å². The van der Waals surface area contributed by atoms with Crippen LogP contribution in [0, 0.1) is 6.92 Å². The maximum Gasteiger partial charge on any atom is 0.243 e. The van der Waals surface area contributed by atoms with E-state index in [-0.39, 0.29) is 24.3 Å². The van der Waals surface area contributed by atoms with Crippen molar-refractivity contribution in [2.45, 2.75) is 70.5 Å². The second-order valence-electron chi connectivity index (χ2n) is 10.3. The molecule has 4 rings (SSSR count). The maximum atomic E-state index is 13.8. The van der Waals surface area contributed by atoms with E-state index < -0.39 is 6.04 Å². The summed E-state index contributed by atoms with van der Waals surface area (Å²) < 4.78 is 11.3. The number of hydrogen-bond donors (Lipinski definition) is 1. The molecule has 2 amide bonds. The number of rotatable bonds is 13. The molecule has 6 nitrogen and oxygen atoms in total. The van der Waals surface area contributed by atoms with Gasteiger partial charge in [-0.25, -0.2) is 0 Å². The van der Waals surface area contributed by atoms with E-state index in [1.165, 1.54) is 5.56 Å². The SMILES string of the molecule is COc1cccc(CN(C(=O)CCCOc2ccc(C)cc2)[C@@H](Cc2ccccc2)C(=O)NC2CCCC2)c1. The van der Waals surface area contributed by atoms with Crippen LogP contribution < -0.4 is 14.8 Å². The highest BCUT2D eigenvalue weighted by molar-refractivity contribution is 5.88. The van der Waals surface area contributed by atoms with Crippen LogP contribution in [0.15, 0.2) is 78.9 Å². The Bertz CT molecular complexity index is 1190. The number of aryl methyl sites for hydroxylation is 1. The van der Waals surface area contributed by atoms with Crippen LogP contribution in [0.1, 0.15) is 55.2 Å². The molecular weight excluding hydrogens is 488 g/mol. The van der Waals surface area contributed by atoms with Gasteiger partial charge in [0.25, 0.3) is 0 Å². The predicted octanol–water partition coefficient (Wildman–Crippen LogP) is 5.86. The Labute approximate surface area is 232 Å². The van der Waals surface area contributed by atoms with Gasteiger partial charge in [-0.3, -0.25) is 9.59 Å². The number of nitrogens with zero attached hydrogens (tertiary/aromatic N) is 1. The average Bonchev–Trinajstić information content (AvgIpc) is 3.47. The molecule has 6 heteroatoms. The fourth-order valence-corrected chi connectivity index (χ4v) is 5.08. The lowest BCUT2D eigenvalue weighted by molar-refractivity contribution is -0.141. The van der Waals surface area contributed by atoms with Crippen LogP contribution in [0.5, 0.6) is 11.5 Å². The second-order valence-corrected chi connectivity index (χ2v) is 10.3. The Balaban J connectivity index is 1.52. The van der Waals surface area contributed by atoms with Gasteiger partial charge in [0.1, 0.15) is 17.5 Å². The first-order valence-electron chi connectivity index (χ1n) is 14.0. The van der Waals surface area contributed by atoms with Gasteiger partial charge in [0.05, 0.1) is 13.7 Å². The minimum Gasteiger partial charge on any atom is -0.497 e. The molecule has 3 aromatic rings. The molecule has 0 bridgehead atoms. The lowest BCUT2D eigenvalue weighted by atomic mass is 10.0. The third-order valence-electron chi connectivity index (χ3n) is 7.28. The molecule has 0 unspecified atom stereocenters. The number of carbonyl (C=O) groups is 2. The lowest BCUT2D eigenvalue weighted by Crippen LogP contribution is -2.52. The normalized spacial score (nSPS) is 14.0. The molecule has 1 fully saturated rings. The number of amides is 2. The summed E-state index contributed by atoms with van der Waals surface area (Å²) >= 11 is 0. The molecule has 206 valence electrons. The van der Waals surface area contributed by atoms with Gasteiger partial charge >= 0.3 is 0 Å². The molecule has 1 atom stereocenters. The fraction of sp³-hybridized carbons (Fsp3) is 0.394. The van der Waals surface area contributed by atoms with Crippen LogP contribution in [0.2, 0.25) is 0 Å². The van der Waals surface area contributed by atoms with E-state index in [4.69, 9.17) is 9.47 Å². The zero-order valence-corrected chi connectivity index (χ0v) is 23.1. The van der Waals surface area contributed by atoms with Crippen molar-refractivity contribution in [1.29, 1.82) is 0 Å². The highest BCUT2D eigenvalue weighted by Gasteiger charge is 2.32. The molecule has 0 saturated heterocycles. The number of nitrogens with one attached hydrogen (secondary N) is 1. The summed E-state index contributed by atoms with van der Waals surface area (Å²) in [7, 11) is 1.63. The summed E-state index contributed by atoms with van der Waals surface area (Å²) in [6.45, 7) is 2.79. The molecule has 0 radical (unpaired) electrons. The standard InChI is InChI=1S/C33H40N2O4/c1-25-17-19-29(20-18-25)39-21-9-16-32(36)35(24-27-12-8-15-30(22-27)38-2)31(23-26-10-4-3-5-11-26)33(37)34-28-13-6-7-14-28/h3-5,8,10-12,15,17-20,22,28,31H,6-7,9,13-14,16,21,23-24H2,1-2H3,(H,34,37)/t31-/m0/s1. The first-order chi connectivity index (χ1) is 19.0. The largest absolute Gasteiger partial charge is 0.497 e. The van der Waals surface area contributed by atoms with E-state index in [1.807, 2.05) is 85.8 Å². The van der Waals surface area contributed by atoms with Gasteiger partial charge in [-0.15, -0.1) is 0 Å². The van der Waals surface area contributed by atoms with E-state index in [2.05, 4.69) is 5.32 Å². The van der Waals surface area contributed by atoms with Crippen LogP contribution >= 0.6 is 0 Å². The van der Waals surface area contributed by atoms with Gasteiger partial charge in [0.2, 0.25) is 11.8 Å². The molecule has 1 N–H and O–H groups in total. The highest BCUT2D eigenvalue weighted by Crippen LogP contribution is 2.22. The Morgan fingerprint density at radius 2 is 1.64 bits per heavy atom. The third-order valence-corrected chi connectivity index (χ3v) is 7.28. The van der Waals surface area contributed by atoms with Crippen LogP contribution in [0.3, 0.4) is 0 Å². The lowest BCUT2D eigenvalue weighted by Gasteiger charge is -2.32. The molecule has 0 spiro atoms. The summed E-state index contributed by atoms with van der Waals surface area (Å²) in [5, 5.41) is 3.25. The van der Waals surface area contributed by atoms with E-state index in [9.17, 15) is 9.59 Å². The summed E-state index contributed by atoms with van der Waals surface area (Å²) in [5.74, 6) is 1.37. The molecule has 1 aliphatic rings. The Kier molecular flexibility index (Phi) is 10.4. The Hall–Kier alpha value is -3.80. The molecule has 39 heavy (non-hydrogen) atoms. The first-order valence-corrected chi connectivity index (χ1v) is 14.0. The average molecular weight is 529 g/mol. The Morgan fingerprint density at radius 1 is 0.923 bits per heavy atom. The number of methoxy groups -OCH3 is 1. The van der Waals surface area contributed by atoms with Crippen molar-refractivity contribution in [2.24, 2.45) is 0 Å². The van der Waals surface area contributed by atoms with E-state index >= 15 is 0 Å². The maximum absolute atomic E-state index is 13.8. The van der Waals surface area contributed by atoms with Crippen LogP contribution in [0.25, 0.3) is 0 Å². The number of benzene rings is 3. The van der Waals surface area contributed by atoms with Crippen LogP contribution in [0.4, 0.5) is 0 Å². The Morgan fingerprint density at radius 3 is 2.36 bits per heavy atom. The topological polar surface area (TPSA) is 67.9 Å². The summed E-state index contributed by atoms with van der Waals surface area (Å²) in [6.07, 6.45) is 5.54. The highest BCUT2D eigenvalue weighted by atomic mass is 16.5. The first kappa shape index (κ1) is 28.2. The van der Waals surface area contributed by atoms with Gasteiger partial charge in [0, 0.05) is 25.4 Å². The summed E-state index contributed by atoms with van der Waals surface area (Å²) in [6, 6.07) is 25.1. The van der Waals surface area contributed by atoms with Crippen molar-refractivity contribution in [3.8, 4) is 11.5 Å². The van der Waals surface area contributed by atoms with Crippen molar-refractivity contribution in [2.75, 3.05) is 13.7 Å². The van der Waals surface area contributed by atoms with E-state index in [0.29, 0.717) is 26.0 Å². The van der Waals surface area contributed by atoms with E-state index in [0.717, 1.165) is 48.3 Å². The van der Waals surface area contributed by atoms with Crippen molar-refractivity contribution < 1.29 is 19.1 Å². The molecule has 0 heterocycles. The second kappa shape index (κ2) is 14.4. The number of carbonyl (C=O) groups excluding carboxylic acids is 2. The number of ether oxygens (including phenoxy) is 2. The van der Waals surface area contributed by atoms with Crippen LogP contribution in [-0.2, 0) is 22.6 Å². The monoisotopic (exact) mass is 528 g/mol. The molecule has 0 aliphatic heterocycles. The predicted molar refractivity (Wildman–Crippen MR) is 154 cm³/mol. The zero-order valence-electron chi connectivity index (χ0n) is 23.1. The fourth-order valence-electron chi connectivity index (χ4n) is 5.08. The third kappa shape index (κ3) is 8.60. The molecule has 1 aliphatic carbocycles. The van der Waals surface area contributed by atoms with E-state index in [1.54, 1.807) is 12.0 Å². The quantitative estimate of drug-likeness (QED) is 0.282. The van der Waals surface area contributed by atoms with Crippen molar-refractivity contribution >= 4 is 11.8 Å². The van der Waals surface area contributed by atoms with Gasteiger partial charge in [-0.1, -0.05) is 73.0 Å². The summed E-state index contributed by atoms with van der Waals surface area (Å²) in [5.41, 5.74) is 3.12. The van der Waals surface area contributed by atoms with Crippen molar-refractivity contribution in [3.63, 3.8) is 0 Å².